The van der Waals surface area contributed by atoms with E-state index in [1.165, 1.54) is 12.1 Å². The van der Waals surface area contributed by atoms with Gasteiger partial charge in [0.05, 0.1) is 10.4 Å². The number of benzene rings is 1. The van der Waals surface area contributed by atoms with Gasteiger partial charge in [-0.2, -0.15) is 5.10 Å². The van der Waals surface area contributed by atoms with Crippen molar-refractivity contribution in [3.63, 3.8) is 0 Å². The summed E-state index contributed by atoms with van der Waals surface area (Å²) in [5.74, 6) is -0.433. The van der Waals surface area contributed by atoms with Crippen LogP contribution in [0.4, 0.5) is 4.39 Å². The van der Waals surface area contributed by atoms with Crippen LogP contribution in [0.3, 0.4) is 0 Å². The van der Waals surface area contributed by atoms with Gasteiger partial charge in [-0.1, -0.05) is 23.2 Å². The van der Waals surface area contributed by atoms with Crippen molar-refractivity contribution in [2.75, 3.05) is 0 Å². The van der Waals surface area contributed by atoms with Gasteiger partial charge in [0.1, 0.15) is 10.7 Å². The number of rotatable bonds is 0. The fourth-order valence-electron chi connectivity index (χ4n) is 1.02. The molecule has 0 aliphatic rings. The van der Waals surface area contributed by atoms with E-state index in [1.807, 2.05) is 0 Å². The number of halogens is 3. The molecule has 0 aliphatic carbocycles. The van der Waals surface area contributed by atoms with Crippen LogP contribution in [0.15, 0.2) is 12.1 Å². The molecule has 0 fully saturated rings. The molecular formula is C7H3Cl2FN2. The van der Waals surface area contributed by atoms with Gasteiger partial charge in [0, 0.05) is 0 Å². The lowest BCUT2D eigenvalue weighted by Gasteiger charge is -1.93. The standard InChI is InChI=1S/C7H3Cl2FN2/c8-3-1-2-4(10)6-5(3)7(9)12-11-6/h1-2H,(H,11,12). The summed E-state index contributed by atoms with van der Waals surface area (Å²) in [6, 6.07) is 2.70. The van der Waals surface area contributed by atoms with Gasteiger partial charge in [-0.25, -0.2) is 4.39 Å². The number of H-pyrrole nitrogens is 1. The van der Waals surface area contributed by atoms with E-state index in [9.17, 15) is 4.39 Å². The molecule has 0 bridgehead atoms. The van der Waals surface area contributed by atoms with E-state index in [-0.39, 0.29) is 10.7 Å². The Morgan fingerprint density at radius 2 is 2.08 bits per heavy atom. The summed E-state index contributed by atoms with van der Waals surface area (Å²) in [6.07, 6.45) is 0. The Morgan fingerprint density at radius 3 is 2.75 bits per heavy atom. The number of hydrogen-bond acceptors (Lipinski definition) is 1. The lowest BCUT2D eigenvalue weighted by atomic mass is 10.2. The number of aromatic nitrogens is 2. The second-order valence-electron chi connectivity index (χ2n) is 2.29. The van der Waals surface area contributed by atoms with Crippen LogP contribution in [-0.2, 0) is 0 Å². The van der Waals surface area contributed by atoms with E-state index < -0.39 is 5.82 Å². The van der Waals surface area contributed by atoms with Crippen LogP contribution in [0.1, 0.15) is 0 Å². The first-order valence-electron chi connectivity index (χ1n) is 3.17. The lowest BCUT2D eigenvalue weighted by Crippen LogP contribution is -1.77. The van der Waals surface area contributed by atoms with E-state index in [4.69, 9.17) is 23.2 Å². The monoisotopic (exact) mass is 204 g/mol. The Bertz CT molecular complexity index is 438. The highest BCUT2D eigenvalue weighted by Crippen LogP contribution is 2.29. The van der Waals surface area contributed by atoms with Crippen molar-refractivity contribution in [2.24, 2.45) is 0 Å². The van der Waals surface area contributed by atoms with Crippen molar-refractivity contribution in [1.29, 1.82) is 0 Å². The number of hydrogen-bond donors (Lipinski definition) is 1. The Kier molecular flexibility index (Phi) is 1.70. The first-order chi connectivity index (χ1) is 5.70. The van der Waals surface area contributed by atoms with Gasteiger partial charge in [0.15, 0.2) is 5.82 Å². The van der Waals surface area contributed by atoms with Gasteiger partial charge < -0.3 is 0 Å². The molecule has 0 aliphatic heterocycles. The molecule has 1 heterocycles. The van der Waals surface area contributed by atoms with E-state index in [2.05, 4.69) is 10.2 Å². The summed E-state index contributed by atoms with van der Waals surface area (Å²) < 4.78 is 13.0. The highest BCUT2D eigenvalue weighted by Gasteiger charge is 2.10. The van der Waals surface area contributed by atoms with Gasteiger partial charge in [-0.3, -0.25) is 5.10 Å². The Balaban J connectivity index is 2.98. The molecule has 2 aromatic rings. The normalized spacial score (nSPS) is 10.9. The quantitative estimate of drug-likeness (QED) is 0.703. The number of nitrogens with zero attached hydrogens (tertiary/aromatic N) is 1. The fourth-order valence-corrected chi connectivity index (χ4v) is 1.55. The minimum atomic E-state index is -0.433. The summed E-state index contributed by atoms with van der Waals surface area (Å²) in [5, 5.41) is 7.19. The summed E-state index contributed by atoms with van der Waals surface area (Å²) in [7, 11) is 0. The third kappa shape index (κ3) is 0.974. The molecule has 0 saturated heterocycles. The van der Waals surface area contributed by atoms with E-state index in [1.54, 1.807) is 0 Å². The van der Waals surface area contributed by atoms with Crippen LogP contribution in [0.25, 0.3) is 10.9 Å². The number of fused-ring (bicyclic) bond motifs is 1. The van der Waals surface area contributed by atoms with Crippen molar-refractivity contribution >= 4 is 34.1 Å². The third-order valence-corrected chi connectivity index (χ3v) is 2.15. The van der Waals surface area contributed by atoms with E-state index in [0.29, 0.717) is 10.4 Å². The van der Waals surface area contributed by atoms with Crippen LogP contribution in [0.2, 0.25) is 10.2 Å². The minimum Gasteiger partial charge on any atom is -0.266 e. The van der Waals surface area contributed by atoms with Gasteiger partial charge in [-0.05, 0) is 12.1 Å². The largest absolute Gasteiger partial charge is 0.266 e. The molecule has 0 saturated carbocycles. The van der Waals surface area contributed by atoms with Crippen molar-refractivity contribution in [3.8, 4) is 0 Å². The predicted octanol–water partition coefficient (Wildman–Crippen LogP) is 3.01. The average Bonchev–Trinajstić information content (AvgIpc) is 2.42. The van der Waals surface area contributed by atoms with Crippen LogP contribution in [0.5, 0.6) is 0 Å². The average molecular weight is 205 g/mol. The van der Waals surface area contributed by atoms with Crippen LogP contribution >= 0.6 is 23.2 Å². The summed E-state index contributed by atoms with van der Waals surface area (Å²) >= 11 is 11.4. The molecule has 62 valence electrons. The number of nitrogens with one attached hydrogen (secondary N) is 1. The second kappa shape index (κ2) is 2.61. The van der Waals surface area contributed by atoms with Crippen LogP contribution < -0.4 is 0 Å². The molecule has 5 heteroatoms. The van der Waals surface area contributed by atoms with Gasteiger partial charge in [-0.15, -0.1) is 0 Å². The van der Waals surface area contributed by atoms with E-state index >= 15 is 0 Å². The smallest absolute Gasteiger partial charge is 0.151 e. The molecule has 1 N–H and O–H groups in total. The minimum absolute atomic E-state index is 0.174. The second-order valence-corrected chi connectivity index (χ2v) is 3.08. The molecule has 0 radical (unpaired) electrons. The Morgan fingerprint density at radius 1 is 1.33 bits per heavy atom. The summed E-state index contributed by atoms with van der Waals surface area (Å²) in [4.78, 5) is 0. The SMILES string of the molecule is Fc1ccc(Cl)c2c(Cl)[nH]nc12. The molecule has 2 rings (SSSR count). The van der Waals surface area contributed by atoms with Crippen molar-refractivity contribution in [3.05, 3.63) is 28.1 Å². The Labute approximate surface area is 77.3 Å². The first-order valence-corrected chi connectivity index (χ1v) is 3.93. The molecule has 12 heavy (non-hydrogen) atoms. The summed E-state index contributed by atoms with van der Waals surface area (Å²) in [6.45, 7) is 0. The topological polar surface area (TPSA) is 28.7 Å². The van der Waals surface area contributed by atoms with Gasteiger partial charge >= 0.3 is 0 Å². The summed E-state index contributed by atoms with van der Waals surface area (Å²) in [5.41, 5.74) is 0.174. The number of aromatic amines is 1. The molecule has 0 atom stereocenters. The van der Waals surface area contributed by atoms with Gasteiger partial charge in [0.25, 0.3) is 0 Å². The fraction of sp³-hybridized carbons (Fsp3) is 0. The third-order valence-electron chi connectivity index (χ3n) is 1.56. The molecule has 1 aromatic heterocycles. The van der Waals surface area contributed by atoms with Crippen molar-refractivity contribution in [2.45, 2.75) is 0 Å². The highest BCUT2D eigenvalue weighted by atomic mass is 35.5. The van der Waals surface area contributed by atoms with Crippen LogP contribution in [-0.4, -0.2) is 10.2 Å². The zero-order valence-electron chi connectivity index (χ0n) is 5.74. The zero-order valence-corrected chi connectivity index (χ0v) is 7.25. The zero-order chi connectivity index (χ0) is 8.72. The lowest BCUT2D eigenvalue weighted by molar-refractivity contribution is 0.636. The molecular weight excluding hydrogens is 202 g/mol. The van der Waals surface area contributed by atoms with Gasteiger partial charge in [0.2, 0.25) is 0 Å². The van der Waals surface area contributed by atoms with E-state index in [0.717, 1.165) is 0 Å². The molecule has 0 spiro atoms. The molecule has 1 aromatic carbocycles. The maximum atomic E-state index is 13.0. The maximum absolute atomic E-state index is 13.0. The Hall–Kier alpha value is -0.800. The molecule has 0 unspecified atom stereocenters. The predicted molar refractivity (Wildman–Crippen MR) is 46.1 cm³/mol. The highest BCUT2D eigenvalue weighted by molar-refractivity contribution is 6.41. The maximum Gasteiger partial charge on any atom is 0.151 e. The first kappa shape index (κ1) is 7.83. The van der Waals surface area contributed by atoms with Crippen molar-refractivity contribution < 1.29 is 4.39 Å². The molecule has 0 amide bonds. The van der Waals surface area contributed by atoms with Crippen molar-refractivity contribution in [1.82, 2.24) is 10.2 Å². The van der Waals surface area contributed by atoms with Crippen LogP contribution in [0, 0.1) is 5.82 Å². The molecule has 2 nitrogen and oxygen atoms in total.